The molecular weight excluding hydrogens is 405 g/mol. The van der Waals surface area contributed by atoms with Crippen molar-refractivity contribution in [3.05, 3.63) is 28.0 Å². The fourth-order valence-electron chi connectivity index (χ4n) is 2.45. The van der Waals surface area contributed by atoms with Crippen LogP contribution in [0.1, 0.15) is 0 Å². The minimum Gasteiger partial charge on any atom is -0.460 e. The Bertz CT molecular complexity index is 660. The Labute approximate surface area is 139 Å². The van der Waals surface area contributed by atoms with Crippen LogP contribution in [0, 0.1) is 3.57 Å². The number of hydrogen-bond acceptors (Lipinski definition) is 6. The molecule has 0 saturated carbocycles. The molecule has 0 aliphatic carbocycles. The van der Waals surface area contributed by atoms with Crippen molar-refractivity contribution in [1.29, 1.82) is 0 Å². The molecule has 0 bridgehead atoms. The van der Waals surface area contributed by atoms with Crippen molar-refractivity contribution in [3.8, 4) is 5.75 Å². The third-order valence-electron chi connectivity index (χ3n) is 3.70. The second kappa shape index (κ2) is 6.30. The van der Waals surface area contributed by atoms with Crippen LogP contribution < -0.4 is 4.74 Å². The number of halogens is 1. The number of benzene rings is 1. The van der Waals surface area contributed by atoms with Gasteiger partial charge in [-0.3, -0.25) is 0 Å². The summed E-state index contributed by atoms with van der Waals surface area (Å²) in [6, 6.07) is 5.75. The molecule has 5 N–H and O–H groups in total. The fraction of sp³-hybridized carbons (Fsp3) is 0.429. The molecule has 120 valence electrons. The predicted molar refractivity (Wildman–Crippen MR) is 85.4 cm³/mol. The molecular formula is C14H16INO6. The number of ether oxygens (including phenoxy) is 2. The molecule has 0 radical (unpaired) electrons. The van der Waals surface area contributed by atoms with Crippen LogP contribution in [0.3, 0.4) is 0 Å². The van der Waals surface area contributed by atoms with Crippen LogP contribution in [-0.2, 0) is 4.74 Å². The number of hydrogen-bond donors (Lipinski definition) is 5. The zero-order valence-electron chi connectivity index (χ0n) is 11.4. The Morgan fingerprint density at radius 1 is 1.18 bits per heavy atom. The van der Waals surface area contributed by atoms with Crippen molar-refractivity contribution in [2.75, 3.05) is 6.61 Å². The van der Waals surface area contributed by atoms with E-state index in [1.54, 1.807) is 6.20 Å². The minimum atomic E-state index is -1.46. The van der Waals surface area contributed by atoms with E-state index in [4.69, 9.17) is 9.47 Å². The van der Waals surface area contributed by atoms with Gasteiger partial charge in [-0.25, -0.2) is 0 Å². The lowest BCUT2D eigenvalue weighted by atomic mass is 9.99. The minimum absolute atomic E-state index is 0.456. The number of rotatable bonds is 3. The highest BCUT2D eigenvalue weighted by molar-refractivity contribution is 14.1. The predicted octanol–water partition coefficient (Wildman–Crippen LogP) is -0.0488. The van der Waals surface area contributed by atoms with Crippen LogP contribution >= 0.6 is 22.6 Å². The van der Waals surface area contributed by atoms with Gasteiger partial charge < -0.3 is 34.9 Å². The molecule has 1 fully saturated rings. The average molecular weight is 421 g/mol. The summed E-state index contributed by atoms with van der Waals surface area (Å²) in [4.78, 5) is 3.04. The highest BCUT2D eigenvalue weighted by Crippen LogP contribution is 2.30. The average Bonchev–Trinajstić information content (AvgIpc) is 2.90. The monoisotopic (exact) mass is 421 g/mol. The molecule has 0 spiro atoms. The molecule has 3 rings (SSSR count). The topological polar surface area (TPSA) is 115 Å². The maximum absolute atomic E-state index is 9.99. The number of aromatic amines is 1. The van der Waals surface area contributed by atoms with Crippen LogP contribution in [-0.4, -0.2) is 62.7 Å². The molecule has 5 atom stereocenters. The molecule has 1 aromatic heterocycles. The lowest BCUT2D eigenvalue weighted by Crippen LogP contribution is -2.60. The second-order valence-corrected chi connectivity index (χ2v) is 6.40. The first kappa shape index (κ1) is 16.0. The zero-order valence-corrected chi connectivity index (χ0v) is 13.5. The highest BCUT2D eigenvalue weighted by atomic mass is 127. The summed E-state index contributed by atoms with van der Waals surface area (Å²) in [5, 5.41) is 39.5. The largest absolute Gasteiger partial charge is 0.460 e. The Kier molecular flexibility index (Phi) is 4.57. The van der Waals surface area contributed by atoms with Gasteiger partial charge in [0, 0.05) is 20.7 Å². The van der Waals surface area contributed by atoms with Crippen LogP contribution in [0.2, 0.25) is 0 Å². The number of aliphatic hydroxyl groups is 4. The Hall–Kier alpha value is -0.910. The normalized spacial score (nSPS) is 32.3. The maximum Gasteiger partial charge on any atom is 0.229 e. The molecule has 8 heteroatoms. The van der Waals surface area contributed by atoms with E-state index in [2.05, 4.69) is 27.6 Å². The molecule has 0 amide bonds. The summed E-state index contributed by atoms with van der Waals surface area (Å²) < 4.78 is 12.0. The summed E-state index contributed by atoms with van der Waals surface area (Å²) >= 11 is 2.18. The summed E-state index contributed by atoms with van der Waals surface area (Å²) in [7, 11) is 0. The molecule has 1 aliphatic heterocycles. The first-order chi connectivity index (χ1) is 10.5. The molecule has 22 heavy (non-hydrogen) atoms. The molecule has 1 saturated heterocycles. The Morgan fingerprint density at radius 2 is 1.95 bits per heavy atom. The summed E-state index contributed by atoms with van der Waals surface area (Å²) in [5.74, 6) is 0.456. The fourth-order valence-corrected chi connectivity index (χ4v) is 2.95. The van der Waals surface area contributed by atoms with Gasteiger partial charge in [0.1, 0.15) is 30.2 Å². The first-order valence-corrected chi connectivity index (χ1v) is 7.83. The Morgan fingerprint density at radius 3 is 2.68 bits per heavy atom. The molecule has 2 heterocycles. The SMILES string of the molecule is OC[C@H]1OC(Oc2c[nH]c3ccc(I)cc23)[C@H](O)[C@@H](O)[C@H]1O. The molecule has 1 unspecified atom stereocenters. The zero-order chi connectivity index (χ0) is 15.9. The lowest BCUT2D eigenvalue weighted by Gasteiger charge is -2.39. The third-order valence-corrected chi connectivity index (χ3v) is 4.37. The number of aromatic nitrogens is 1. The van der Waals surface area contributed by atoms with Crippen molar-refractivity contribution in [2.45, 2.75) is 30.7 Å². The van der Waals surface area contributed by atoms with Gasteiger partial charge in [-0.1, -0.05) is 0 Å². The number of nitrogens with one attached hydrogen (secondary N) is 1. The van der Waals surface area contributed by atoms with Crippen LogP contribution in [0.5, 0.6) is 5.75 Å². The van der Waals surface area contributed by atoms with E-state index >= 15 is 0 Å². The number of H-pyrrole nitrogens is 1. The van der Waals surface area contributed by atoms with Gasteiger partial charge in [-0.15, -0.1) is 0 Å². The Balaban J connectivity index is 1.85. The summed E-state index contributed by atoms with van der Waals surface area (Å²) in [6.07, 6.45) is -4.83. The molecule has 1 aromatic carbocycles. The van der Waals surface area contributed by atoms with Crippen molar-refractivity contribution in [3.63, 3.8) is 0 Å². The quantitative estimate of drug-likeness (QED) is 0.444. The van der Waals surface area contributed by atoms with Crippen LogP contribution in [0.25, 0.3) is 10.9 Å². The van der Waals surface area contributed by atoms with Gasteiger partial charge in [-0.2, -0.15) is 0 Å². The van der Waals surface area contributed by atoms with Crippen molar-refractivity contribution in [2.24, 2.45) is 0 Å². The molecule has 1 aliphatic rings. The van der Waals surface area contributed by atoms with E-state index in [1.807, 2.05) is 18.2 Å². The van der Waals surface area contributed by atoms with Gasteiger partial charge >= 0.3 is 0 Å². The third kappa shape index (κ3) is 2.82. The van der Waals surface area contributed by atoms with Gasteiger partial charge in [0.15, 0.2) is 0 Å². The van der Waals surface area contributed by atoms with E-state index in [1.165, 1.54) is 0 Å². The smallest absolute Gasteiger partial charge is 0.229 e. The lowest BCUT2D eigenvalue weighted by molar-refractivity contribution is -0.277. The first-order valence-electron chi connectivity index (χ1n) is 6.75. The van der Waals surface area contributed by atoms with E-state index in [0.717, 1.165) is 14.5 Å². The molecule has 2 aromatic rings. The van der Waals surface area contributed by atoms with Crippen molar-refractivity contribution >= 4 is 33.5 Å². The summed E-state index contributed by atoms with van der Waals surface area (Å²) in [5.41, 5.74) is 0.861. The highest BCUT2D eigenvalue weighted by Gasteiger charge is 2.44. The van der Waals surface area contributed by atoms with Gasteiger partial charge in [0.05, 0.1) is 6.61 Å². The number of fused-ring (bicyclic) bond motifs is 1. The molecule has 7 nitrogen and oxygen atoms in total. The van der Waals surface area contributed by atoms with Gasteiger partial charge in [0.25, 0.3) is 0 Å². The second-order valence-electron chi connectivity index (χ2n) is 5.16. The van der Waals surface area contributed by atoms with Crippen molar-refractivity contribution in [1.82, 2.24) is 4.98 Å². The summed E-state index contributed by atoms with van der Waals surface area (Å²) in [6.45, 7) is -0.489. The van der Waals surface area contributed by atoms with Gasteiger partial charge in [-0.05, 0) is 40.8 Å². The van der Waals surface area contributed by atoms with E-state index in [9.17, 15) is 20.4 Å². The van der Waals surface area contributed by atoms with Crippen molar-refractivity contribution < 1.29 is 29.9 Å². The maximum atomic E-state index is 9.99. The van der Waals surface area contributed by atoms with E-state index in [-0.39, 0.29) is 0 Å². The van der Waals surface area contributed by atoms with Crippen LogP contribution in [0.4, 0.5) is 0 Å². The standard InChI is InChI=1S/C14H16INO6/c15-6-1-2-8-7(3-6)9(4-16-8)21-14-13(20)12(19)11(18)10(5-17)22-14/h1-4,10-14,16-20H,5H2/t10-,11+,12+,13-,14?/m1/s1. The van der Waals surface area contributed by atoms with Gasteiger partial charge in [0.2, 0.25) is 6.29 Å². The number of aliphatic hydroxyl groups excluding tert-OH is 4. The van der Waals surface area contributed by atoms with E-state index < -0.39 is 37.3 Å². The van der Waals surface area contributed by atoms with E-state index in [0.29, 0.717) is 5.75 Å². The van der Waals surface area contributed by atoms with Crippen LogP contribution in [0.15, 0.2) is 24.4 Å².